The predicted molar refractivity (Wildman–Crippen MR) is 83.3 cm³/mol. The number of nitrogens with zero attached hydrogens (tertiary/aromatic N) is 2. The van der Waals surface area contributed by atoms with E-state index in [4.69, 9.17) is 11.6 Å². The molecule has 0 spiro atoms. The Bertz CT molecular complexity index is 442. The van der Waals surface area contributed by atoms with Crippen LogP contribution >= 0.6 is 23.4 Å². The zero-order chi connectivity index (χ0) is 14.4. The summed E-state index contributed by atoms with van der Waals surface area (Å²) in [4.78, 5) is 18.3. The minimum atomic E-state index is -0.143. The SMILES string of the molecule is CNc1ccc(Cl)c(C(=O)N(C)C(C)CCSC)n1. The van der Waals surface area contributed by atoms with Crippen LogP contribution in [0.25, 0.3) is 0 Å². The van der Waals surface area contributed by atoms with Crippen LogP contribution in [0, 0.1) is 0 Å². The van der Waals surface area contributed by atoms with Crippen LogP contribution in [0.1, 0.15) is 23.8 Å². The minimum absolute atomic E-state index is 0.143. The van der Waals surface area contributed by atoms with Crippen molar-refractivity contribution in [3.63, 3.8) is 0 Å². The zero-order valence-corrected chi connectivity index (χ0v) is 13.3. The van der Waals surface area contributed by atoms with Crippen molar-refractivity contribution in [3.8, 4) is 0 Å². The minimum Gasteiger partial charge on any atom is -0.373 e. The lowest BCUT2D eigenvalue weighted by Crippen LogP contribution is -2.36. The topological polar surface area (TPSA) is 45.2 Å². The van der Waals surface area contributed by atoms with E-state index in [0.717, 1.165) is 12.2 Å². The fourth-order valence-electron chi connectivity index (χ4n) is 1.58. The lowest BCUT2D eigenvalue weighted by atomic mass is 10.2. The quantitative estimate of drug-likeness (QED) is 0.877. The van der Waals surface area contributed by atoms with Gasteiger partial charge < -0.3 is 10.2 Å². The second-order valence-corrected chi connectivity index (χ2v) is 5.72. The first-order valence-electron chi connectivity index (χ1n) is 6.11. The summed E-state index contributed by atoms with van der Waals surface area (Å²) in [5.41, 5.74) is 0.298. The Morgan fingerprint density at radius 3 is 2.84 bits per heavy atom. The number of carbonyl (C=O) groups is 1. The molecule has 0 aliphatic heterocycles. The van der Waals surface area contributed by atoms with Crippen LogP contribution < -0.4 is 5.32 Å². The van der Waals surface area contributed by atoms with Crippen molar-refractivity contribution in [2.24, 2.45) is 0 Å². The number of anilines is 1. The molecule has 0 bridgehead atoms. The molecule has 0 fully saturated rings. The number of nitrogens with one attached hydrogen (secondary N) is 1. The van der Waals surface area contributed by atoms with E-state index >= 15 is 0 Å². The molecule has 4 nitrogen and oxygen atoms in total. The summed E-state index contributed by atoms with van der Waals surface area (Å²) in [5, 5.41) is 3.29. The van der Waals surface area contributed by atoms with Gasteiger partial charge in [0.2, 0.25) is 0 Å². The first kappa shape index (κ1) is 16.1. The van der Waals surface area contributed by atoms with Crippen molar-refractivity contribution >= 4 is 35.1 Å². The first-order valence-corrected chi connectivity index (χ1v) is 7.88. The van der Waals surface area contributed by atoms with Gasteiger partial charge in [-0.2, -0.15) is 11.8 Å². The van der Waals surface area contributed by atoms with Gasteiger partial charge in [0.15, 0.2) is 0 Å². The Morgan fingerprint density at radius 1 is 1.58 bits per heavy atom. The third kappa shape index (κ3) is 4.28. The molecule has 1 aromatic heterocycles. The van der Waals surface area contributed by atoms with Crippen LogP contribution in [0.5, 0.6) is 0 Å². The molecule has 1 unspecified atom stereocenters. The van der Waals surface area contributed by atoms with Gasteiger partial charge in [-0.3, -0.25) is 4.79 Å². The van der Waals surface area contributed by atoms with E-state index < -0.39 is 0 Å². The summed E-state index contributed by atoms with van der Waals surface area (Å²) in [6.07, 6.45) is 3.01. The maximum Gasteiger partial charge on any atom is 0.274 e. The van der Waals surface area contributed by atoms with E-state index in [2.05, 4.69) is 16.6 Å². The molecule has 1 N–H and O–H groups in total. The molecule has 1 heterocycles. The van der Waals surface area contributed by atoms with Crippen LogP contribution in [0.3, 0.4) is 0 Å². The van der Waals surface area contributed by atoms with Crippen LogP contribution in [-0.4, -0.2) is 47.9 Å². The number of hydrogen-bond donors (Lipinski definition) is 1. The molecule has 1 rings (SSSR count). The first-order chi connectivity index (χ1) is 9.01. The van der Waals surface area contributed by atoms with Gasteiger partial charge in [0.25, 0.3) is 5.91 Å². The Balaban J connectivity index is 2.86. The second-order valence-electron chi connectivity index (χ2n) is 4.32. The molecule has 0 saturated carbocycles. The molecule has 0 radical (unpaired) electrons. The summed E-state index contributed by atoms with van der Waals surface area (Å²) >= 11 is 7.83. The standard InChI is InChI=1S/C13H20ClN3OS/c1-9(7-8-19-4)17(3)13(18)12-10(14)5-6-11(15-2)16-12/h5-6,9H,7-8H2,1-4H3,(H,15,16). The highest BCUT2D eigenvalue weighted by Crippen LogP contribution is 2.19. The van der Waals surface area contributed by atoms with Gasteiger partial charge in [-0.1, -0.05) is 11.6 Å². The number of amides is 1. The molecular formula is C13H20ClN3OS. The molecule has 106 valence electrons. The molecule has 1 aromatic rings. The maximum atomic E-state index is 12.4. The molecule has 1 amide bonds. The molecule has 0 aliphatic rings. The van der Waals surface area contributed by atoms with Crippen molar-refractivity contribution in [2.45, 2.75) is 19.4 Å². The van der Waals surface area contributed by atoms with Gasteiger partial charge in [-0.25, -0.2) is 4.98 Å². The van der Waals surface area contributed by atoms with E-state index in [1.807, 2.05) is 6.92 Å². The highest BCUT2D eigenvalue weighted by Gasteiger charge is 2.21. The van der Waals surface area contributed by atoms with Gasteiger partial charge in [-0.15, -0.1) is 0 Å². The van der Waals surface area contributed by atoms with Crippen LogP contribution in [0.2, 0.25) is 5.02 Å². The van der Waals surface area contributed by atoms with Gasteiger partial charge in [0.1, 0.15) is 11.5 Å². The fraction of sp³-hybridized carbons (Fsp3) is 0.538. The third-order valence-electron chi connectivity index (χ3n) is 3.03. The molecule has 0 aliphatic carbocycles. The summed E-state index contributed by atoms with van der Waals surface area (Å²) in [5.74, 6) is 1.52. The highest BCUT2D eigenvalue weighted by atomic mass is 35.5. The highest BCUT2D eigenvalue weighted by molar-refractivity contribution is 7.98. The van der Waals surface area contributed by atoms with Crippen molar-refractivity contribution in [3.05, 3.63) is 22.8 Å². The van der Waals surface area contributed by atoms with E-state index in [1.54, 1.807) is 42.9 Å². The maximum absolute atomic E-state index is 12.4. The zero-order valence-electron chi connectivity index (χ0n) is 11.7. The fourth-order valence-corrected chi connectivity index (χ4v) is 2.34. The lowest BCUT2D eigenvalue weighted by Gasteiger charge is -2.24. The summed E-state index contributed by atoms with van der Waals surface area (Å²) in [7, 11) is 3.55. The van der Waals surface area contributed by atoms with Crippen molar-refractivity contribution in [2.75, 3.05) is 31.4 Å². The normalized spacial score (nSPS) is 12.1. The van der Waals surface area contributed by atoms with E-state index in [9.17, 15) is 4.79 Å². The van der Waals surface area contributed by atoms with Gasteiger partial charge in [-0.05, 0) is 37.5 Å². The van der Waals surface area contributed by atoms with Crippen molar-refractivity contribution in [1.29, 1.82) is 0 Å². The van der Waals surface area contributed by atoms with Crippen LogP contribution in [0.15, 0.2) is 12.1 Å². The number of rotatable bonds is 6. The monoisotopic (exact) mass is 301 g/mol. The molecule has 19 heavy (non-hydrogen) atoms. The second kappa shape index (κ2) is 7.60. The third-order valence-corrected chi connectivity index (χ3v) is 3.97. The predicted octanol–water partition coefficient (Wildman–Crippen LogP) is 2.99. The van der Waals surface area contributed by atoms with Gasteiger partial charge >= 0.3 is 0 Å². The molecular weight excluding hydrogens is 282 g/mol. The average molecular weight is 302 g/mol. The Labute approximate surface area is 123 Å². The number of carbonyl (C=O) groups excluding carboxylic acids is 1. The number of hydrogen-bond acceptors (Lipinski definition) is 4. The Hall–Kier alpha value is -0.940. The lowest BCUT2D eigenvalue weighted by molar-refractivity contribution is 0.0736. The molecule has 1 atom stereocenters. The van der Waals surface area contributed by atoms with E-state index in [0.29, 0.717) is 16.5 Å². The van der Waals surface area contributed by atoms with Crippen LogP contribution in [0.4, 0.5) is 5.82 Å². The molecule has 6 heteroatoms. The summed E-state index contributed by atoms with van der Waals surface area (Å²) in [6, 6.07) is 3.60. The van der Waals surface area contributed by atoms with Gasteiger partial charge in [0, 0.05) is 20.1 Å². The Morgan fingerprint density at radius 2 is 2.26 bits per heavy atom. The van der Waals surface area contributed by atoms with E-state index in [1.165, 1.54) is 0 Å². The number of aromatic nitrogens is 1. The van der Waals surface area contributed by atoms with Crippen LogP contribution in [-0.2, 0) is 0 Å². The smallest absolute Gasteiger partial charge is 0.274 e. The van der Waals surface area contributed by atoms with E-state index in [-0.39, 0.29) is 11.9 Å². The number of halogens is 1. The average Bonchev–Trinajstić information content (AvgIpc) is 2.43. The summed E-state index contributed by atoms with van der Waals surface area (Å²) < 4.78 is 0. The largest absolute Gasteiger partial charge is 0.373 e. The molecule has 0 aromatic carbocycles. The van der Waals surface area contributed by atoms with Crippen molar-refractivity contribution < 1.29 is 4.79 Å². The number of pyridine rings is 1. The number of thioether (sulfide) groups is 1. The Kier molecular flexibility index (Phi) is 6.45. The summed E-state index contributed by atoms with van der Waals surface area (Å²) in [6.45, 7) is 2.03. The molecule has 0 saturated heterocycles. The van der Waals surface area contributed by atoms with Gasteiger partial charge in [0.05, 0.1) is 5.02 Å². The van der Waals surface area contributed by atoms with Crippen molar-refractivity contribution in [1.82, 2.24) is 9.88 Å².